The summed E-state index contributed by atoms with van der Waals surface area (Å²) in [4.78, 5) is 0. The maximum Gasteiger partial charge on any atom is 0.287 e. The maximum atomic E-state index is 5.74. The molecule has 78 valence electrons. The van der Waals surface area contributed by atoms with Gasteiger partial charge in [-0.2, -0.15) is 0 Å². The van der Waals surface area contributed by atoms with Gasteiger partial charge in [0, 0.05) is 14.2 Å². The van der Waals surface area contributed by atoms with Crippen LogP contribution in [-0.4, -0.2) is 14.2 Å². The summed E-state index contributed by atoms with van der Waals surface area (Å²) in [6, 6.07) is 7.33. The van der Waals surface area contributed by atoms with Crippen molar-refractivity contribution in [3.8, 4) is 0 Å². The molecule has 3 N–H and O–H groups in total. The van der Waals surface area contributed by atoms with E-state index in [4.69, 9.17) is 26.6 Å². The van der Waals surface area contributed by atoms with Crippen LogP contribution in [0, 0.1) is 0 Å². The molecule has 0 aliphatic carbocycles. The van der Waals surface area contributed by atoms with Crippen LogP contribution in [0.3, 0.4) is 0 Å². The van der Waals surface area contributed by atoms with E-state index in [0.717, 1.165) is 5.69 Å². The molecule has 0 amide bonds. The first kappa shape index (κ1) is 11.5. The minimum Gasteiger partial charge on any atom is -0.397 e. The number of benzene rings is 1. The summed E-state index contributed by atoms with van der Waals surface area (Å²) >= 11 is 5.15. The second-order valence-corrected chi connectivity index (χ2v) is 5.95. The van der Waals surface area contributed by atoms with Gasteiger partial charge in [-0.3, -0.25) is 0 Å². The Morgan fingerprint density at radius 3 is 2.36 bits per heavy atom. The average Bonchev–Trinajstić information content (AvgIpc) is 2.21. The Kier molecular flexibility index (Phi) is 3.89. The van der Waals surface area contributed by atoms with Crippen LogP contribution in [0.25, 0.3) is 0 Å². The van der Waals surface area contributed by atoms with E-state index in [0.29, 0.717) is 5.69 Å². The van der Waals surface area contributed by atoms with E-state index in [1.54, 1.807) is 6.07 Å². The van der Waals surface area contributed by atoms with Gasteiger partial charge in [0.2, 0.25) is 0 Å². The molecule has 6 heteroatoms. The fourth-order valence-corrected chi connectivity index (χ4v) is 2.04. The average molecular weight is 232 g/mol. The van der Waals surface area contributed by atoms with Gasteiger partial charge in [0.1, 0.15) is 0 Å². The van der Waals surface area contributed by atoms with Crippen molar-refractivity contribution < 1.29 is 9.05 Å². The molecule has 0 saturated heterocycles. The third-order valence-corrected chi connectivity index (χ3v) is 4.34. The summed E-state index contributed by atoms with van der Waals surface area (Å²) < 4.78 is 10.2. The lowest BCUT2D eigenvalue weighted by Gasteiger charge is -2.20. The van der Waals surface area contributed by atoms with Crippen LogP contribution in [-0.2, 0) is 20.9 Å². The predicted octanol–water partition coefficient (Wildman–Crippen LogP) is 2.20. The predicted molar refractivity (Wildman–Crippen MR) is 62.8 cm³/mol. The Labute approximate surface area is 88.6 Å². The van der Waals surface area contributed by atoms with Crippen molar-refractivity contribution in [2.45, 2.75) is 0 Å². The van der Waals surface area contributed by atoms with Gasteiger partial charge in [-0.05, 0) is 23.9 Å². The van der Waals surface area contributed by atoms with Gasteiger partial charge >= 0.3 is 0 Å². The molecule has 1 aromatic rings. The first-order valence-corrected chi connectivity index (χ1v) is 6.59. The first-order valence-electron chi connectivity index (χ1n) is 3.95. The molecule has 0 aliphatic heterocycles. The van der Waals surface area contributed by atoms with Crippen LogP contribution >= 0.6 is 6.64 Å². The monoisotopic (exact) mass is 232 g/mol. The Balaban J connectivity index is 2.88. The number of nitrogens with two attached hydrogens (primary N) is 1. The molecule has 0 atom stereocenters. The second kappa shape index (κ2) is 4.75. The smallest absolute Gasteiger partial charge is 0.287 e. The van der Waals surface area contributed by atoms with E-state index in [2.05, 4.69) is 5.09 Å². The molecule has 0 heterocycles. The normalized spacial score (nSPS) is 11.3. The van der Waals surface area contributed by atoms with Crippen molar-refractivity contribution in [2.75, 3.05) is 25.0 Å². The van der Waals surface area contributed by atoms with E-state index in [1.165, 1.54) is 14.2 Å². The van der Waals surface area contributed by atoms with Crippen LogP contribution in [0.5, 0.6) is 0 Å². The molecule has 4 nitrogen and oxygen atoms in total. The third kappa shape index (κ3) is 2.69. The highest BCUT2D eigenvalue weighted by Gasteiger charge is 2.15. The number of nitrogens with one attached hydrogen (secondary N) is 1. The summed E-state index contributed by atoms with van der Waals surface area (Å²) in [5, 5.41) is 2.98. The number of nitrogen functional groups attached to an aromatic ring is 1. The Hall–Kier alpha value is -0.610. The number of hydrogen-bond donors (Lipinski definition) is 2. The van der Waals surface area contributed by atoms with Crippen molar-refractivity contribution in [2.24, 2.45) is 0 Å². The molecule has 0 aromatic heterocycles. The van der Waals surface area contributed by atoms with Gasteiger partial charge in [-0.15, -0.1) is 0 Å². The number of para-hydroxylation sites is 2. The molecule has 0 fully saturated rings. The summed E-state index contributed by atoms with van der Waals surface area (Å²) in [5.74, 6) is 0. The van der Waals surface area contributed by atoms with E-state index in [-0.39, 0.29) is 0 Å². The molecule has 0 spiro atoms. The Morgan fingerprint density at radius 2 is 1.86 bits per heavy atom. The molecule has 1 rings (SSSR count). The zero-order chi connectivity index (χ0) is 10.6. The number of rotatable bonds is 4. The number of anilines is 2. The zero-order valence-corrected chi connectivity index (χ0v) is 9.77. The molecule has 0 saturated carbocycles. The van der Waals surface area contributed by atoms with Gasteiger partial charge in [0.25, 0.3) is 6.64 Å². The summed E-state index contributed by atoms with van der Waals surface area (Å²) in [6.07, 6.45) is 0. The molecule has 0 bridgehead atoms. The van der Waals surface area contributed by atoms with Crippen molar-refractivity contribution in [1.29, 1.82) is 0 Å². The van der Waals surface area contributed by atoms with Gasteiger partial charge in [-0.25, -0.2) is 0 Å². The van der Waals surface area contributed by atoms with Crippen LogP contribution < -0.4 is 10.8 Å². The van der Waals surface area contributed by atoms with Crippen LogP contribution in [0.2, 0.25) is 0 Å². The van der Waals surface area contributed by atoms with Crippen molar-refractivity contribution in [1.82, 2.24) is 0 Å². The number of hydrogen-bond acceptors (Lipinski definition) is 4. The van der Waals surface area contributed by atoms with Gasteiger partial charge in [0.05, 0.1) is 11.4 Å². The van der Waals surface area contributed by atoms with E-state index >= 15 is 0 Å². The van der Waals surface area contributed by atoms with Crippen molar-refractivity contribution >= 4 is 29.8 Å². The zero-order valence-electron chi connectivity index (χ0n) is 8.06. The maximum absolute atomic E-state index is 5.74. The van der Waals surface area contributed by atoms with E-state index < -0.39 is 6.64 Å². The van der Waals surface area contributed by atoms with Gasteiger partial charge < -0.3 is 19.9 Å². The molecule has 1 aromatic carbocycles. The standard InChI is InChI=1S/C8H13N2O2PS/c1-11-13(14,12-2)10-8-6-4-3-5-7(8)9/h3-6H,9H2,1-2H3,(H,10,14). The molecule has 0 aliphatic rings. The first-order chi connectivity index (χ1) is 6.61. The van der Waals surface area contributed by atoms with Crippen LogP contribution in [0.15, 0.2) is 24.3 Å². The Bertz CT molecular complexity index is 351. The highest BCUT2D eigenvalue weighted by atomic mass is 32.5. The lowest BCUT2D eigenvalue weighted by molar-refractivity contribution is 0.342. The van der Waals surface area contributed by atoms with E-state index in [1.807, 2.05) is 18.2 Å². The fraction of sp³-hybridized carbons (Fsp3) is 0.250. The molecular weight excluding hydrogens is 219 g/mol. The van der Waals surface area contributed by atoms with Crippen LogP contribution in [0.1, 0.15) is 0 Å². The third-order valence-electron chi connectivity index (χ3n) is 1.70. The Morgan fingerprint density at radius 1 is 1.29 bits per heavy atom. The highest BCUT2D eigenvalue weighted by molar-refractivity contribution is 8.10. The molecule has 0 unspecified atom stereocenters. The lowest BCUT2D eigenvalue weighted by atomic mass is 10.3. The van der Waals surface area contributed by atoms with E-state index in [9.17, 15) is 0 Å². The van der Waals surface area contributed by atoms with Gasteiger partial charge in [-0.1, -0.05) is 12.1 Å². The lowest BCUT2D eigenvalue weighted by Crippen LogP contribution is -2.02. The molecule has 0 radical (unpaired) electrons. The molecule has 14 heavy (non-hydrogen) atoms. The fourth-order valence-electron chi connectivity index (χ4n) is 0.912. The molecular formula is C8H13N2O2PS. The summed E-state index contributed by atoms with van der Waals surface area (Å²) in [6.45, 7) is -2.43. The largest absolute Gasteiger partial charge is 0.397 e. The summed E-state index contributed by atoms with van der Waals surface area (Å²) in [5.41, 5.74) is 7.09. The topological polar surface area (TPSA) is 56.5 Å². The highest BCUT2D eigenvalue weighted by Crippen LogP contribution is 2.47. The van der Waals surface area contributed by atoms with Crippen LogP contribution in [0.4, 0.5) is 11.4 Å². The van der Waals surface area contributed by atoms with Crippen molar-refractivity contribution in [3.05, 3.63) is 24.3 Å². The van der Waals surface area contributed by atoms with Crippen molar-refractivity contribution in [3.63, 3.8) is 0 Å². The SMILES string of the molecule is COP(=S)(Nc1ccccc1N)OC. The second-order valence-electron chi connectivity index (χ2n) is 2.56. The summed E-state index contributed by atoms with van der Waals surface area (Å²) in [7, 11) is 3.02. The quantitative estimate of drug-likeness (QED) is 0.615. The minimum absolute atomic E-state index is 0.621. The minimum atomic E-state index is -2.43. The van der Waals surface area contributed by atoms with Gasteiger partial charge in [0.15, 0.2) is 0 Å².